The molecule has 0 saturated heterocycles. The molecule has 0 aliphatic carbocycles. The lowest BCUT2D eigenvalue weighted by atomic mass is 9.80. The number of carbonyl (C=O) groups excluding carboxylic acids is 1. The van der Waals surface area contributed by atoms with E-state index in [0.717, 1.165) is 16.7 Å². The maximum absolute atomic E-state index is 11.7. The molecular weight excluding hydrogens is 442 g/mol. The molecule has 0 saturated carbocycles. The third-order valence-corrected chi connectivity index (χ3v) is 5.28. The summed E-state index contributed by atoms with van der Waals surface area (Å²) >= 11 is 0. The highest BCUT2D eigenvalue weighted by molar-refractivity contribution is 5.67. The molecule has 0 radical (unpaired) electrons. The first-order valence-electron chi connectivity index (χ1n) is 11.8. The van der Waals surface area contributed by atoms with Crippen molar-refractivity contribution in [3.63, 3.8) is 0 Å². The maximum Gasteiger partial charge on any atom is 0.407 e. The molecule has 6 nitrogen and oxygen atoms in total. The summed E-state index contributed by atoms with van der Waals surface area (Å²) < 4.78 is 17.5. The first kappa shape index (κ1) is 26.4. The second-order valence-electron chi connectivity index (χ2n) is 9.24. The van der Waals surface area contributed by atoms with Crippen LogP contribution in [0, 0.1) is 0 Å². The van der Waals surface area contributed by atoms with Crippen LogP contribution in [0.2, 0.25) is 0 Å². The maximum atomic E-state index is 11.7. The zero-order valence-electron chi connectivity index (χ0n) is 20.6. The molecule has 0 spiro atoms. The Morgan fingerprint density at radius 3 is 1.69 bits per heavy atom. The van der Waals surface area contributed by atoms with Gasteiger partial charge in [0.1, 0.15) is 11.2 Å². The standard InChI is InChI=1S/C29H35NO5/c1-28(2,3)35-27(32)30-21-26(31)22-33-19-20-34-29(23-13-7-4-8-14-23,24-15-9-5-10-16-24)25-17-11-6-12-18-25/h4-18,26,31H,19-22H2,1-3H3,(H,30,32)/t26-/m1/s1. The second-order valence-corrected chi connectivity index (χ2v) is 9.24. The van der Waals surface area contributed by atoms with E-state index >= 15 is 0 Å². The molecular formula is C29H35NO5. The van der Waals surface area contributed by atoms with Crippen molar-refractivity contribution >= 4 is 6.09 Å². The molecule has 0 heterocycles. The predicted octanol–water partition coefficient (Wildman–Crippen LogP) is 4.90. The first-order valence-corrected chi connectivity index (χ1v) is 11.8. The minimum atomic E-state index is -0.857. The van der Waals surface area contributed by atoms with Crippen molar-refractivity contribution in [3.05, 3.63) is 108 Å². The molecule has 0 bridgehead atoms. The molecule has 1 amide bonds. The summed E-state index contributed by atoms with van der Waals surface area (Å²) in [4.78, 5) is 11.7. The van der Waals surface area contributed by atoms with E-state index in [-0.39, 0.29) is 19.8 Å². The minimum absolute atomic E-state index is 0.0394. The van der Waals surface area contributed by atoms with E-state index < -0.39 is 23.4 Å². The quantitative estimate of drug-likeness (QED) is 0.304. The van der Waals surface area contributed by atoms with E-state index in [1.165, 1.54) is 0 Å². The normalized spacial score (nSPS) is 12.7. The van der Waals surface area contributed by atoms with Crippen LogP contribution in [0.3, 0.4) is 0 Å². The molecule has 186 valence electrons. The summed E-state index contributed by atoms with van der Waals surface area (Å²) in [5, 5.41) is 12.7. The Bertz CT molecular complexity index is 923. The SMILES string of the molecule is CC(C)(C)OC(=O)NC[C@@H](O)COCCOC(c1ccccc1)(c1ccccc1)c1ccccc1. The van der Waals surface area contributed by atoms with Gasteiger partial charge in [-0.2, -0.15) is 0 Å². The van der Waals surface area contributed by atoms with E-state index in [1.807, 2.05) is 54.6 Å². The third-order valence-electron chi connectivity index (χ3n) is 5.28. The number of aliphatic hydroxyl groups excluding tert-OH is 1. The van der Waals surface area contributed by atoms with Gasteiger partial charge in [0, 0.05) is 6.54 Å². The number of nitrogens with one attached hydrogen (secondary N) is 1. The first-order chi connectivity index (χ1) is 16.8. The summed E-state index contributed by atoms with van der Waals surface area (Å²) in [7, 11) is 0. The van der Waals surface area contributed by atoms with Gasteiger partial charge < -0.3 is 24.6 Å². The van der Waals surface area contributed by atoms with Crippen LogP contribution in [0.4, 0.5) is 4.79 Å². The Morgan fingerprint density at radius 2 is 1.26 bits per heavy atom. The van der Waals surface area contributed by atoms with E-state index in [4.69, 9.17) is 14.2 Å². The molecule has 6 heteroatoms. The van der Waals surface area contributed by atoms with Gasteiger partial charge >= 0.3 is 6.09 Å². The summed E-state index contributed by atoms with van der Waals surface area (Å²) in [6, 6.07) is 30.4. The lowest BCUT2D eigenvalue weighted by molar-refractivity contribution is -0.0390. The lowest BCUT2D eigenvalue weighted by Crippen LogP contribution is -2.38. The van der Waals surface area contributed by atoms with E-state index in [2.05, 4.69) is 41.7 Å². The van der Waals surface area contributed by atoms with Crippen molar-refractivity contribution in [2.24, 2.45) is 0 Å². The highest BCUT2D eigenvalue weighted by atomic mass is 16.6. The van der Waals surface area contributed by atoms with Crippen LogP contribution in [0.15, 0.2) is 91.0 Å². The average Bonchev–Trinajstić information content (AvgIpc) is 2.86. The number of amides is 1. The third kappa shape index (κ3) is 7.65. The van der Waals surface area contributed by atoms with Crippen LogP contribution in [-0.4, -0.2) is 49.3 Å². The van der Waals surface area contributed by atoms with Gasteiger partial charge in [-0.1, -0.05) is 91.0 Å². The van der Waals surface area contributed by atoms with Crippen LogP contribution in [-0.2, 0) is 19.8 Å². The molecule has 3 aromatic rings. The van der Waals surface area contributed by atoms with Crippen molar-refractivity contribution in [3.8, 4) is 0 Å². The molecule has 3 rings (SSSR count). The van der Waals surface area contributed by atoms with Crippen molar-refractivity contribution in [2.45, 2.75) is 38.1 Å². The molecule has 0 unspecified atom stereocenters. The van der Waals surface area contributed by atoms with Gasteiger partial charge in [0.15, 0.2) is 0 Å². The second kappa shape index (κ2) is 12.5. The van der Waals surface area contributed by atoms with Crippen LogP contribution in [0.25, 0.3) is 0 Å². The van der Waals surface area contributed by atoms with Gasteiger partial charge in [0.05, 0.1) is 25.9 Å². The number of aliphatic hydroxyl groups is 1. The number of ether oxygens (including phenoxy) is 3. The van der Waals surface area contributed by atoms with Crippen molar-refractivity contribution in [2.75, 3.05) is 26.4 Å². The zero-order chi connectivity index (χ0) is 25.2. The van der Waals surface area contributed by atoms with Gasteiger partial charge in [-0.3, -0.25) is 0 Å². The number of rotatable bonds is 11. The predicted molar refractivity (Wildman–Crippen MR) is 136 cm³/mol. The van der Waals surface area contributed by atoms with E-state index in [9.17, 15) is 9.90 Å². The molecule has 1 atom stereocenters. The summed E-state index contributed by atoms with van der Waals surface area (Å²) in [5.41, 5.74) is 1.63. The molecule has 0 aromatic heterocycles. The largest absolute Gasteiger partial charge is 0.444 e. The summed E-state index contributed by atoms with van der Waals surface area (Å²) in [5.74, 6) is 0. The Labute approximate surface area is 207 Å². The minimum Gasteiger partial charge on any atom is -0.444 e. The van der Waals surface area contributed by atoms with E-state index in [1.54, 1.807) is 20.8 Å². The molecule has 0 aliphatic rings. The van der Waals surface area contributed by atoms with Gasteiger partial charge in [-0.05, 0) is 37.5 Å². The fourth-order valence-corrected chi connectivity index (χ4v) is 3.82. The number of hydrogen-bond donors (Lipinski definition) is 2. The van der Waals surface area contributed by atoms with Crippen molar-refractivity contribution in [1.29, 1.82) is 0 Å². The van der Waals surface area contributed by atoms with Crippen LogP contribution in [0.5, 0.6) is 0 Å². The fourth-order valence-electron chi connectivity index (χ4n) is 3.82. The van der Waals surface area contributed by atoms with Gasteiger partial charge in [0.25, 0.3) is 0 Å². The molecule has 0 fully saturated rings. The lowest BCUT2D eigenvalue weighted by Gasteiger charge is -2.36. The summed E-state index contributed by atoms with van der Waals surface area (Å²) in [6.07, 6.45) is -1.43. The molecule has 0 aliphatic heterocycles. The molecule has 2 N–H and O–H groups in total. The Kier molecular flexibility index (Phi) is 9.43. The van der Waals surface area contributed by atoms with Crippen molar-refractivity contribution in [1.82, 2.24) is 5.32 Å². The van der Waals surface area contributed by atoms with Crippen molar-refractivity contribution < 1.29 is 24.1 Å². The Balaban J connectivity index is 1.65. The highest BCUT2D eigenvalue weighted by Gasteiger charge is 2.37. The van der Waals surface area contributed by atoms with Crippen LogP contribution >= 0.6 is 0 Å². The summed E-state index contributed by atoms with van der Waals surface area (Å²) in [6.45, 7) is 6.03. The number of alkyl carbamates (subject to hydrolysis) is 1. The topological polar surface area (TPSA) is 77.0 Å². The molecule has 3 aromatic carbocycles. The van der Waals surface area contributed by atoms with Gasteiger partial charge in [0.2, 0.25) is 0 Å². The van der Waals surface area contributed by atoms with Crippen LogP contribution < -0.4 is 5.32 Å². The fraction of sp³-hybridized carbons (Fsp3) is 0.345. The van der Waals surface area contributed by atoms with Gasteiger partial charge in [-0.15, -0.1) is 0 Å². The zero-order valence-corrected chi connectivity index (χ0v) is 20.6. The number of benzene rings is 3. The van der Waals surface area contributed by atoms with Gasteiger partial charge in [-0.25, -0.2) is 4.79 Å². The monoisotopic (exact) mass is 477 g/mol. The molecule has 35 heavy (non-hydrogen) atoms. The number of hydrogen-bond acceptors (Lipinski definition) is 5. The Hall–Kier alpha value is -3.19. The van der Waals surface area contributed by atoms with Crippen LogP contribution in [0.1, 0.15) is 37.5 Å². The smallest absolute Gasteiger partial charge is 0.407 e. The Morgan fingerprint density at radius 1 is 0.800 bits per heavy atom. The highest BCUT2D eigenvalue weighted by Crippen LogP contribution is 2.40. The van der Waals surface area contributed by atoms with E-state index in [0.29, 0.717) is 6.61 Å². The number of carbonyl (C=O) groups is 1. The average molecular weight is 478 g/mol.